The maximum Gasteiger partial charge on any atom is 0.129 e. The molecule has 0 amide bonds. The van der Waals surface area contributed by atoms with Gasteiger partial charge in [0.05, 0.1) is 0 Å². The highest BCUT2D eigenvalue weighted by molar-refractivity contribution is 5.54. The molecule has 1 aromatic rings. The SMILES string of the molecule is CCCNCc1c(F)cccc1N1CCN(C)C(CC)C1. The third-order valence-corrected chi connectivity index (χ3v) is 4.41. The van der Waals surface area contributed by atoms with Gasteiger partial charge in [-0.15, -0.1) is 0 Å². The van der Waals surface area contributed by atoms with Crippen LogP contribution in [0, 0.1) is 5.82 Å². The Hall–Kier alpha value is -1.13. The van der Waals surface area contributed by atoms with Crippen LogP contribution in [0.25, 0.3) is 0 Å². The normalized spacial score (nSPS) is 20.0. The Labute approximate surface area is 128 Å². The molecule has 21 heavy (non-hydrogen) atoms. The maximum atomic E-state index is 14.2. The van der Waals surface area contributed by atoms with Gasteiger partial charge in [0.25, 0.3) is 0 Å². The summed E-state index contributed by atoms with van der Waals surface area (Å²) < 4.78 is 14.2. The Bertz CT molecular complexity index is 450. The lowest BCUT2D eigenvalue weighted by Gasteiger charge is -2.41. The van der Waals surface area contributed by atoms with Gasteiger partial charge in [-0.25, -0.2) is 4.39 Å². The molecule has 1 fully saturated rings. The quantitative estimate of drug-likeness (QED) is 0.814. The van der Waals surface area contributed by atoms with Crippen molar-refractivity contribution in [2.75, 3.05) is 38.1 Å². The van der Waals surface area contributed by atoms with Gasteiger partial charge in [-0.1, -0.05) is 19.9 Å². The second-order valence-electron chi connectivity index (χ2n) is 5.90. The summed E-state index contributed by atoms with van der Waals surface area (Å²) in [6.45, 7) is 8.87. The molecule has 1 N–H and O–H groups in total. The van der Waals surface area contributed by atoms with Crippen LogP contribution in [0.4, 0.5) is 10.1 Å². The molecule has 118 valence electrons. The molecule has 0 spiro atoms. The summed E-state index contributed by atoms with van der Waals surface area (Å²) in [6.07, 6.45) is 2.20. The highest BCUT2D eigenvalue weighted by Crippen LogP contribution is 2.26. The second kappa shape index (κ2) is 7.76. The van der Waals surface area contributed by atoms with Gasteiger partial charge in [-0.3, -0.25) is 4.90 Å². The minimum Gasteiger partial charge on any atom is -0.368 e. The monoisotopic (exact) mass is 293 g/mol. The first-order valence-corrected chi connectivity index (χ1v) is 8.10. The molecular formula is C17H28FN3. The molecule has 3 nitrogen and oxygen atoms in total. The number of anilines is 1. The molecule has 1 aliphatic rings. The van der Waals surface area contributed by atoms with Crippen molar-refractivity contribution in [2.45, 2.75) is 39.3 Å². The van der Waals surface area contributed by atoms with Crippen molar-refractivity contribution in [3.05, 3.63) is 29.6 Å². The minimum atomic E-state index is -0.0944. The van der Waals surface area contributed by atoms with E-state index in [2.05, 4.69) is 42.1 Å². The van der Waals surface area contributed by atoms with E-state index < -0.39 is 0 Å². The summed E-state index contributed by atoms with van der Waals surface area (Å²) >= 11 is 0. The number of piperazine rings is 1. The van der Waals surface area contributed by atoms with Gasteiger partial charge in [0.15, 0.2) is 0 Å². The van der Waals surface area contributed by atoms with Gasteiger partial charge in [-0.2, -0.15) is 0 Å². The van der Waals surface area contributed by atoms with Crippen molar-refractivity contribution < 1.29 is 4.39 Å². The topological polar surface area (TPSA) is 18.5 Å². The van der Waals surface area contributed by atoms with Crippen molar-refractivity contribution in [3.63, 3.8) is 0 Å². The Balaban J connectivity index is 2.16. The Morgan fingerprint density at radius 1 is 1.29 bits per heavy atom. The molecule has 1 unspecified atom stereocenters. The second-order valence-corrected chi connectivity index (χ2v) is 5.90. The van der Waals surface area contributed by atoms with Crippen LogP contribution in [0.5, 0.6) is 0 Å². The van der Waals surface area contributed by atoms with Gasteiger partial charge >= 0.3 is 0 Å². The lowest BCUT2D eigenvalue weighted by atomic mass is 10.1. The van der Waals surface area contributed by atoms with Gasteiger partial charge in [-0.05, 0) is 38.6 Å². The van der Waals surface area contributed by atoms with Gasteiger partial charge in [0.2, 0.25) is 0 Å². The zero-order chi connectivity index (χ0) is 15.2. The van der Waals surface area contributed by atoms with Crippen molar-refractivity contribution >= 4 is 5.69 Å². The predicted molar refractivity (Wildman–Crippen MR) is 87.3 cm³/mol. The van der Waals surface area contributed by atoms with E-state index >= 15 is 0 Å². The molecule has 1 aliphatic heterocycles. The number of benzene rings is 1. The molecule has 0 bridgehead atoms. The zero-order valence-electron chi connectivity index (χ0n) is 13.5. The van der Waals surface area contributed by atoms with Gasteiger partial charge < -0.3 is 10.2 Å². The first-order chi connectivity index (χ1) is 10.2. The van der Waals surface area contributed by atoms with E-state index in [0.717, 1.165) is 50.3 Å². The summed E-state index contributed by atoms with van der Waals surface area (Å²) in [4.78, 5) is 4.75. The standard InChI is InChI=1S/C17H28FN3/c1-4-9-19-12-15-16(18)7-6-8-17(15)21-11-10-20(3)14(5-2)13-21/h6-8,14,19H,4-5,9-13H2,1-3H3. The van der Waals surface area contributed by atoms with Crippen molar-refractivity contribution in [3.8, 4) is 0 Å². The van der Waals surface area contributed by atoms with Crippen LogP contribution in [0.2, 0.25) is 0 Å². The van der Waals surface area contributed by atoms with E-state index in [1.807, 2.05) is 6.07 Å². The van der Waals surface area contributed by atoms with Crippen LogP contribution < -0.4 is 10.2 Å². The number of nitrogens with one attached hydrogen (secondary N) is 1. The molecule has 1 heterocycles. The molecule has 4 heteroatoms. The van der Waals surface area contributed by atoms with Crippen LogP contribution in [-0.2, 0) is 6.54 Å². The van der Waals surface area contributed by atoms with Gasteiger partial charge in [0, 0.05) is 43.5 Å². The van der Waals surface area contributed by atoms with Crippen molar-refractivity contribution in [1.29, 1.82) is 0 Å². The fraction of sp³-hybridized carbons (Fsp3) is 0.647. The average molecular weight is 293 g/mol. The van der Waals surface area contributed by atoms with E-state index in [1.54, 1.807) is 6.07 Å². The maximum absolute atomic E-state index is 14.2. The van der Waals surface area contributed by atoms with E-state index in [4.69, 9.17) is 0 Å². The first kappa shape index (κ1) is 16.2. The lowest BCUT2D eigenvalue weighted by molar-refractivity contribution is 0.213. The third kappa shape index (κ3) is 3.95. The van der Waals surface area contributed by atoms with Crippen LogP contribution in [0.1, 0.15) is 32.3 Å². The average Bonchev–Trinajstić information content (AvgIpc) is 2.49. The molecule has 1 aromatic carbocycles. The fourth-order valence-corrected chi connectivity index (χ4v) is 3.01. The molecule has 1 atom stereocenters. The molecule has 0 aliphatic carbocycles. The summed E-state index contributed by atoms with van der Waals surface area (Å²) in [7, 11) is 2.18. The van der Waals surface area contributed by atoms with Crippen LogP contribution in [-0.4, -0.2) is 44.2 Å². The Morgan fingerprint density at radius 2 is 2.10 bits per heavy atom. The van der Waals surface area contributed by atoms with E-state index in [-0.39, 0.29) is 5.82 Å². The summed E-state index contributed by atoms with van der Waals surface area (Å²) in [6, 6.07) is 6.01. The smallest absolute Gasteiger partial charge is 0.129 e. The first-order valence-electron chi connectivity index (χ1n) is 8.10. The van der Waals surface area contributed by atoms with Gasteiger partial charge in [0.1, 0.15) is 5.82 Å². The summed E-state index contributed by atoms with van der Waals surface area (Å²) in [5.41, 5.74) is 1.87. The number of nitrogens with zero attached hydrogens (tertiary/aromatic N) is 2. The van der Waals surface area contributed by atoms with Crippen molar-refractivity contribution in [1.82, 2.24) is 10.2 Å². The fourth-order valence-electron chi connectivity index (χ4n) is 3.01. The van der Waals surface area contributed by atoms with Crippen LogP contribution >= 0.6 is 0 Å². The Morgan fingerprint density at radius 3 is 2.81 bits per heavy atom. The number of rotatable bonds is 6. The lowest BCUT2D eigenvalue weighted by Crippen LogP contribution is -2.51. The number of hydrogen-bond acceptors (Lipinski definition) is 3. The largest absolute Gasteiger partial charge is 0.368 e. The Kier molecular flexibility index (Phi) is 6.00. The number of hydrogen-bond donors (Lipinski definition) is 1. The molecular weight excluding hydrogens is 265 g/mol. The minimum absolute atomic E-state index is 0.0944. The highest BCUT2D eigenvalue weighted by atomic mass is 19.1. The summed E-state index contributed by atoms with van der Waals surface area (Å²) in [5, 5.41) is 3.33. The zero-order valence-corrected chi connectivity index (χ0v) is 13.5. The predicted octanol–water partition coefficient (Wildman–Crippen LogP) is 2.86. The van der Waals surface area contributed by atoms with E-state index in [1.165, 1.54) is 0 Å². The molecule has 1 saturated heterocycles. The van der Waals surface area contributed by atoms with Crippen molar-refractivity contribution in [2.24, 2.45) is 0 Å². The molecule has 2 rings (SSSR count). The van der Waals surface area contributed by atoms with Crippen LogP contribution in [0.15, 0.2) is 18.2 Å². The molecule has 0 radical (unpaired) electrons. The number of likely N-dealkylation sites (N-methyl/N-ethyl adjacent to an activating group) is 1. The molecule has 0 saturated carbocycles. The van der Waals surface area contributed by atoms with Crippen LogP contribution in [0.3, 0.4) is 0 Å². The highest BCUT2D eigenvalue weighted by Gasteiger charge is 2.25. The third-order valence-electron chi connectivity index (χ3n) is 4.41. The number of halogens is 1. The molecule has 0 aromatic heterocycles. The summed E-state index contributed by atoms with van der Waals surface area (Å²) in [5.74, 6) is -0.0944. The van der Waals surface area contributed by atoms with E-state index in [0.29, 0.717) is 12.6 Å². The van der Waals surface area contributed by atoms with E-state index in [9.17, 15) is 4.39 Å².